The van der Waals surface area contributed by atoms with Crippen molar-refractivity contribution in [1.29, 1.82) is 0 Å². The maximum atomic E-state index is 13.6. The minimum atomic E-state index is -0.935. The van der Waals surface area contributed by atoms with Gasteiger partial charge in [0.15, 0.2) is 11.6 Å². The van der Waals surface area contributed by atoms with Crippen molar-refractivity contribution in [1.82, 2.24) is 4.98 Å². The summed E-state index contributed by atoms with van der Waals surface area (Å²) >= 11 is 6.04. The molecule has 0 aliphatic heterocycles. The van der Waals surface area contributed by atoms with Crippen molar-refractivity contribution in [3.8, 4) is 0 Å². The molecule has 1 nitrogen and oxygen atoms in total. The van der Waals surface area contributed by atoms with E-state index in [1.807, 2.05) is 13.8 Å². The summed E-state index contributed by atoms with van der Waals surface area (Å²) in [5.41, 5.74) is 0.690. The van der Waals surface area contributed by atoms with Crippen molar-refractivity contribution in [3.05, 3.63) is 40.6 Å². The largest absolute Gasteiger partial charge is 0.250 e. The molecule has 0 radical (unpaired) electrons. The molecule has 4 heteroatoms. The molecule has 1 heterocycles. The maximum Gasteiger partial charge on any atom is 0.185 e. The van der Waals surface area contributed by atoms with Gasteiger partial charge >= 0.3 is 0 Å². The minimum absolute atomic E-state index is 0.00755. The molecule has 2 rings (SSSR count). The van der Waals surface area contributed by atoms with Gasteiger partial charge in [-0.3, -0.25) is 0 Å². The molecule has 0 spiro atoms. The fourth-order valence-electron chi connectivity index (χ4n) is 1.76. The Morgan fingerprint density at radius 1 is 1.29 bits per heavy atom. The summed E-state index contributed by atoms with van der Waals surface area (Å²) in [7, 11) is 0. The number of hydrogen-bond acceptors (Lipinski definition) is 1. The van der Waals surface area contributed by atoms with E-state index in [-0.39, 0.29) is 5.52 Å². The normalized spacial score (nSPS) is 11.4. The van der Waals surface area contributed by atoms with Crippen LogP contribution in [-0.4, -0.2) is 4.98 Å². The maximum absolute atomic E-state index is 13.6. The zero-order valence-corrected chi connectivity index (χ0v) is 10.4. The van der Waals surface area contributed by atoms with Crippen molar-refractivity contribution in [3.63, 3.8) is 0 Å². The van der Waals surface area contributed by atoms with E-state index < -0.39 is 11.6 Å². The quantitative estimate of drug-likeness (QED) is 0.777. The Hall–Kier alpha value is -1.22. The highest BCUT2D eigenvalue weighted by Crippen LogP contribution is 2.27. The molecule has 0 aliphatic carbocycles. The first-order valence-corrected chi connectivity index (χ1v) is 5.80. The third-order valence-corrected chi connectivity index (χ3v) is 2.81. The molecule has 0 saturated heterocycles. The zero-order valence-electron chi connectivity index (χ0n) is 9.60. The first kappa shape index (κ1) is 12.2. The van der Waals surface area contributed by atoms with Crippen molar-refractivity contribution in [2.75, 3.05) is 0 Å². The van der Waals surface area contributed by atoms with E-state index in [9.17, 15) is 8.78 Å². The topological polar surface area (TPSA) is 12.9 Å². The van der Waals surface area contributed by atoms with Crippen LogP contribution in [0.25, 0.3) is 10.9 Å². The van der Waals surface area contributed by atoms with Gasteiger partial charge < -0.3 is 0 Å². The average Bonchev–Trinajstić information content (AvgIpc) is 2.23. The lowest BCUT2D eigenvalue weighted by atomic mass is 10.1. The van der Waals surface area contributed by atoms with Crippen LogP contribution in [-0.2, 0) is 6.42 Å². The van der Waals surface area contributed by atoms with Crippen molar-refractivity contribution < 1.29 is 8.78 Å². The number of benzene rings is 1. The van der Waals surface area contributed by atoms with E-state index in [1.54, 1.807) is 6.07 Å². The molecular weight excluding hydrogens is 244 g/mol. The second-order valence-electron chi connectivity index (χ2n) is 4.45. The molecule has 1 aromatic heterocycles. The number of fused-ring (bicyclic) bond motifs is 1. The number of rotatable bonds is 2. The van der Waals surface area contributed by atoms with Crippen LogP contribution in [0.4, 0.5) is 8.78 Å². The molecule has 0 N–H and O–H groups in total. The molecule has 0 atom stereocenters. The fourth-order valence-corrected chi connectivity index (χ4v) is 2.04. The Kier molecular flexibility index (Phi) is 3.29. The number of halogens is 3. The average molecular weight is 256 g/mol. The lowest BCUT2D eigenvalue weighted by Gasteiger charge is -2.08. The zero-order chi connectivity index (χ0) is 12.6. The van der Waals surface area contributed by atoms with Crippen molar-refractivity contribution in [2.45, 2.75) is 20.3 Å². The van der Waals surface area contributed by atoms with Gasteiger partial charge in [0.05, 0.1) is 5.02 Å². The third kappa shape index (κ3) is 2.39. The summed E-state index contributed by atoms with van der Waals surface area (Å²) in [6.07, 6.45) is 0.686. The van der Waals surface area contributed by atoms with Crippen LogP contribution in [0, 0.1) is 17.6 Å². The molecule has 0 amide bonds. The van der Waals surface area contributed by atoms with Gasteiger partial charge in [-0.1, -0.05) is 25.4 Å². The number of pyridine rings is 1. The molecular formula is C13H12ClF2N. The number of nitrogens with zero attached hydrogens (tertiary/aromatic N) is 1. The van der Waals surface area contributed by atoms with E-state index in [0.29, 0.717) is 28.4 Å². The van der Waals surface area contributed by atoms with Crippen LogP contribution in [0.2, 0.25) is 5.02 Å². The Morgan fingerprint density at radius 2 is 2.00 bits per heavy atom. The van der Waals surface area contributed by atoms with Gasteiger partial charge in [0.2, 0.25) is 0 Å². The fraction of sp³-hybridized carbons (Fsp3) is 0.308. The highest BCUT2D eigenvalue weighted by molar-refractivity contribution is 6.35. The van der Waals surface area contributed by atoms with Crippen molar-refractivity contribution in [2.24, 2.45) is 5.92 Å². The minimum Gasteiger partial charge on any atom is -0.250 e. The van der Waals surface area contributed by atoms with Gasteiger partial charge in [0.25, 0.3) is 0 Å². The second kappa shape index (κ2) is 4.57. The van der Waals surface area contributed by atoms with E-state index in [2.05, 4.69) is 4.98 Å². The smallest absolute Gasteiger partial charge is 0.185 e. The van der Waals surface area contributed by atoms with Crippen LogP contribution in [0.5, 0.6) is 0 Å². The summed E-state index contributed by atoms with van der Waals surface area (Å²) < 4.78 is 26.7. The van der Waals surface area contributed by atoms with Gasteiger partial charge in [-0.15, -0.1) is 0 Å². The summed E-state index contributed by atoms with van der Waals surface area (Å²) in [4.78, 5) is 4.14. The Morgan fingerprint density at radius 3 is 2.65 bits per heavy atom. The van der Waals surface area contributed by atoms with Gasteiger partial charge in [-0.25, -0.2) is 13.8 Å². The summed E-state index contributed by atoms with van der Waals surface area (Å²) in [6.45, 7) is 4.06. The lowest BCUT2D eigenvalue weighted by Crippen LogP contribution is -1.99. The third-order valence-electron chi connectivity index (χ3n) is 2.49. The predicted molar refractivity (Wildman–Crippen MR) is 65.2 cm³/mol. The molecule has 17 heavy (non-hydrogen) atoms. The second-order valence-corrected chi connectivity index (χ2v) is 4.86. The van der Waals surface area contributed by atoms with E-state index in [1.165, 1.54) is 6.07 Å². The van der Waals surface area contributed by atoms with Gasteiger partial charge in [-0.2, -0.15) is 0 Å². The van der Waals surface area contributed by atoms with Crippen LogP contribution in [0.1, 0.15) is 19.5 Å². The standard InChI is InChI=1S/C13H12ClF2N/c1-7(2)5-8-6-10(14)9-3-4-11(15)12(16)13(9)17-8/h3-4,6-7H,5H2,1-2H3. The Labute approximate surface area is 103 Å². The first-order valence-electron chi connectivity index (χ1n) is 5.42. The summed E-state index contributed by atoms with van der Waals surface area (Å²) in [6, 6.07) is 4.22. The monoisotopic (exact) mass is 255 g/mol. The Bertz CT molecular complexity index is 567. The van der Waals surface area contributed by atoms with Gasteiger partial charge in [0, 0.05) is 11.1 Å². The molecule has 0 fully saturated rings. The summed E-state index contributed by atoms with van der Waals surface area (Å²) in [5, 5.41) is 0.850. The molecule has 0 aliphatic rings. The van der Waals surface area contributed by atoms with Crippen LogP contribution in [0.3, 0.4) is 0 Å². The molecule has 2 aromatic rings. The highest BCUT2D eigenvalue weighted by atomic mass is 35.5. The van der Waals surface area contributed by atoms with E-state index in [0.717, 1.165) is 6.07 Å². The van der Waals surface area contributed by atoms with Gasteiger partial charge in [-0.05, 0) is 30.5 Å². The molecule has 0 saturated carbocycles. The lowest BCUT2D eigenvalue weighted by molar-refractivity contribution is 0.515. The molecule has 0 unspecified atom stereocenters. The highest BCUT2D eigenvalue weighted by Gasteiger charge is 2.12. The molecule has 1 aromatic carbocycles. The van der Waals surface area contributed by atoms with E-state index >= 15 is 0 Å². The number of hydrogen-bond donors (Lipinski definition) is 0. The van der Waals surface area contributed by atoms with Crippen LogP contribution < -0.4 is 0 Å². The van der Waals surface area contributed by atoms with E-state index in [4.69, 9.17) is 11.6 Å². The predicted octanol–water partition coefficient (Wildman–Crippen LogP) is 4.36. The van der Waals surface area contributed by atoms with Gasteiger partial charge in [0.1, 0.15) is 5.52 Å². The number of aromatic nitrogens is 1. The van der Waals surface area contributed by atoms with Crippen molar-refractivity contribution >= 4 is 22.5 Å². The summed E-state index contributed by atoms with van der Waals surface area (Å²) in [5.74, 6) is -1.45. The molecule has 0 bridgehead atoms. The van der Waals surface area contributed by atoms with Crippen LogP contribution in [0.15, 0.2) is 18.2 Å². The SMILES string of the molecule is CC(C)Cc1cc(Cl)c2ccc(F)c(F)c2n1. The Balaban J connectivity index is 2.66. The molecule has 90 valence electrons. The first-order chi connectivity index (χ1) is 7.99. The van der Waals surface area contributed by atoms with Crippen LogP contribution >= 0.6 is 11.6 Å².